The van der Waals surface area contributed by atoms with Gasteiger partial charge in [0.15, 0.2) is 5.75 Å². The maximum absolute atomic E-state index is 12.5. The fraction of sp³-hybridized carbons (Fsp3) is 0.300. The molecule has 0 spiro atoms. The lowest BCUT2D eigenvalue weighted by Crippen LogP contribution is -2.41. The van der Waals surface area contributed by atoms with Crippen molar-refractivity contribution in [2.75, 3.05) is 31.5 Å². The summed E-state index contributed by atoms with van der Waals surface area (Å²) in [6.45, 7) is 5.15. The Morgan fingerprint density at radius 3 is 2.41 bits per heavy atom. The van der Waals surface area contributed by atoms with Crippen molar-refractivity contribution in [1.29, 1.82) is 0 Å². The summed E-state index contributed by atoms with van der Waals surface area (Å²) in [5.74, 6) is 0.789. The molecule has 0 fully saturated rings. The Balaban J connectivity index is 2.05. The van der Waals surface area contributed by atoms with Crippen molar-refractivity contribution in [3.8, 4) is 11.5 Å². The number of rotatable bonds is 9. The van der Waals surface area contributed by atoms with Gasteiger partial charge in [-0.3, -0.25) is 14.5 Å². The van der Waals surface area contributed by atoms with E-state index in [-0.39, 0.29) is 24.9 Å². The standard InChI is InChI=1S/C20H24ClN3O3/c1-3-22-19(25)13-24(4-2)14-20(26)23-17-12-15(21)10-11-18(17)27-16-8-6-5-7-9-16/h5-12H,3-4,13-14H2,1-2H3,(H,22,25)(H,23,26). The lowest BCUT2D eigenvalue weighted by atomic mass is 10.2. The summed E-state index contributed by atoms with van der Waals surface area (Å²) in [6.07, 6.45) is 0. The minimum Gasteiger partial charge on any atom is -0.455 e. The van der Waals surface area contributed by atoms with E-state index in [9.17, 15) is 9.59 Å². The molecule has 2 N–H and O–H groups in total. The first kappa shape index (κ1) is 20.7. The third-order valence-electron chi connectivity index (χ3n) is 3.74. The normalized spacial score (nSPS) is 10.5. The van der Waals surface area contributed by atoms with Crippen LogP contribution < -0.4 is 15.4 Å². The van der Waals surface area contributed by atoms with Gasteiger partial charge in [0.05, 0.1) is 18.8 Å². The molecule has 0 saturated carbocycles. The van der Waals surface area contributed by atoms with Crippen LogP contribution in [0.25, 0.3) is 0 Å². The van der Waals surface area contributed by atoms with E-state index in [0.717, 1.165) is 0 Å². The number of benzene rings is 2. The Morgan fingerprint density at radius 1 is 1.04 bits per heavy atom. The van der Waals surface area contributed by atoms with E-state index in [1.165, 1.54) is 0 Å². The van der Waals surface area contributed by atoms with E-state index in [1.54, 1.807) is 23.1 Å². The highest BCUT2D eigenvalue weighted by molar-refractivity contribution is 6.31. The van der Waals surface area contributed by atoms with Gasteiger partial charge in [-0.05, 0) is 43.8 Å². The molecule has 2 aromatic rings. The Morgan fingerprint density at radius 2 is 1.74 bits per heavy atom. The molecule has 27 heavy (non-hydrogen) atoms. The summed E-state index contributed by atoms with van der Waals surface area (Å²) in [6, 6.07) is 14.3. The predicted molar refractivity (Wildman–Crippen MR) is 107 cm³/mol. The average Bonchev–Trinajstić information content (AvgIpc) is 2.64. The zero-order chi connectivity index (χ0) is 19.6. The summed E-state index contributed by atoms with van der Waals surface area (Å²) in [5.41, 5.74) is 0.477. The molecule has 0 aromatic heterocycles. The van der Waals surface area contributed by atoms with Crippen LogP contribution in [0.4, 0.5) is 5.69 Å². The Bertz CT molecular complexity index is 768. The third kappa shape index (κ3) is 6.92. The van der Waals surface area contributed by atoms with Gasteiger partial charge in [0.25, 0.3) is 0 Å². The summed E-state index contributed by atoms with van der Waals surface area (Å²) >= 11 is 6.07. The molecule has 2 aromatic carbocycles. The van der Waals surface area contributed by atoms with Gasteiger partial charge in [0.1, 0.15) is 5.75 Å². The molecule has 0 atom stereocenters. The fourth-order valence-electron chi connectivity index (χ4n) is 2.43. The molecule has 0 bridgehead atoms. The highest BCUT2D eigenvalue weighted by Gasteiger charge is 2.15. The number of nitrogens with one attached hydrogen (secondary N) is 2. The van der Waals surface area contributed by atoms with Crippen molar-refractivity contribution >= 4 is 29.1 Å². The SMILES string of the molecule is CCNC(=O)CN(CC)CC(=O)Nc1cc(Cl)ccc1Oc1ccccc1. The van der Waals surface area contributed by atoms with Crippen molar-refractivity contribution < 1.29 is 14.3 Å². The van der Waals surface area contributed by atoms with Crippen molar-refractivity contribution in [1.82, 2.24) is 10.2 Å². The molecule has 0 saturated heterocycles. The van der Waals surface area contributed by atoms with Crippen LogP contribution in [0.3, 0.4) is 0 Å². The third-order valence-corrected chi connectivity index (χ3v) is 3.98. The lowest BCUT2D eigenvalue weighted by Gasteiger charge is -2.20. The highest BCUT2D eigenvalue weighted by Crippen LogP contribution is 2.31. The van der Waals surface area contributed by atoms with Crippen LogP contribution >= 0.6 is 11.6 Å². The molecular formula is C20H24ClN3O3. The molecule has 0 unspecified atom stereocenters. The molecule has 6 nitrogen and oxygen atoms in total. The van der Waals surface area contributed by atoms with Crippen LogP contribution in [0, 0.1) is 0 Å². The minimum absolute atomic E-state index is 0.0882. The van der Waals surface area contributed by atoms with Gasteiger partial charge < -0.3 is 15.4 Å². The number of para-hydroxylation sites is 1. The number of likely N-dealkylation sites (N-methyl/N-ethyl adjacent to an activating group) is 2. The predicted octanol–water partition coefficient (Wildman–Crippen LogP) is 3.53. The molecule has 2 amide bonds. The van der Waals surface area contributed by atoms with Crippen LogP contribution in [-0.4, -0.2) is 42.9 Å². The second kappa shape index (κ2) is 10.5. The largest absolute Gasteiger partial charge is 0.455 e. The minimum atomic E-state index is -0.249. The van der Waals surface area contributed by atoms with Gasteiger partial charge >= 0.3 is 0 Å². The van der Waals surface area contributed by atoms with Crippen LogP contribution in [0.1, 0.15) is 13.8 Å². The number of halogens is 1. The first-order chi connectivity index (χ1) is 13.0. The maximum atomic E-state index is 12.5. The summed E-state index contributed by atoms with van der Waals surface area (Å²) in [5, 5.41) is 6.03. The topological polar surface area (TPSA) is 70.7 Å². The summed E-state index contributed by atoms with van der Waals surface area (Å²) in [7, 11) is 0. The van der Waals surface area contributed by atoms with Crippen molar-refractivity contribution in [3.05, 3.63) is 53.6 Å². The lowest BCUT2D eigenvalue weighted by molar-refractivity contribution is -0.123. The van der Waals surface area contributed by atoms with Crippen LogP contribution in [0.15, 0.2) is 48.5 Å². The number of carbonyl (C=O) groups excluding carboxylic acids is 2. The van der Waals surface area contributed by atoms with Gasteiger partial charge in [-0.25, -0.2) is 0 Å². The van der Waals surface area contributed by atoms with Crippen LogP contribution in [0.2, 0.25) is 5.02 Å². The van der Waals surface area contributed by atoms with Crippen molar-refractivity contribution in [3.63, 3.8) is 0 Å². The van der Waals surface area contributed by atoms with Gasteiger partial charge in [-0.1, -0.05) is 36.7 Å². The van der Waals surface area contributed by atoms with E-state index in [0.29, 0.717) is 35.3 Å². The molecule has 0 heterocycles. The number of carbonyl (C=O) groups is 2. The van der Waals surface area contributed by atoms with E-state index in [1.807, 2.05) is 44.2 Å². The first-order valence-corrected chi connectivity index (χ1v) is 9.21. The van der Waals surface area contributed by atoms with Crippen molar-refractivity contribution in [2.24, 2.45) is 0 Å². The molecule has 0 aliphatic heterocycles. The molecule has 7 heteroatoms. The molecule has 2 rings (SSSR count). The summed E-state index contributed by atoms with van der Waals surface area (Å²) < 4.78 is 5.84. The van der Waals surface area contributed by atoms with Gasteiger partial charge in [0.2, 0.25) is 11.8 Å². The molecule has 0 aliphatic carbocycles. The Kier molecular flexibility index (Phi) is 8.10. The number of hydrogen-bond donors (Lipinski definition) is 2. The molecule has 0 radical (unpaired) electrons. The second-order valence-corrected chi connectivity index (χ2v) is 6.30. The second-order valence-electron chi connectivity index (χ2n) is 5.86. The molecule has 0 aliphatic rings. The molecule has 144 valence electrons. The Hall–Kier alpha value is -2.57. The number of amides is 2. The summed E-state index contributed by atoms with van der Waals surface area (Å²) in [4.78, 5) is 25.9. The van der Waals surface area contributed by atoms with E-state index in [2.05, 4.69) is 10.6 Å². The number of hydrogen-bond acceptors (Lipinski definition) is 4. The quantitative estimate of drug-likeness (QED) is 0.688. The smallest absolute Gasteiger partial charge is 0.238 e. The zero-order valence-corrected chi connectivity index (χ0v) is 16.3. The first-order valence-electron chi connectivity index (χ1n) is 8.83. The van der Waals surface area contributed by atoms with E-state index in [4.69, 9.17) is 16.3 Å². The van der Waals surface area contributed by atoms with Gasteiger partial charge in [-0.2, -0.15) is 0 Å². The number of anilines is 1. The van der Waals surface area contributed by atoms with E-state index < -0.39 is 0 Å². The van der Waals surface area contributed by atoms with Gasteiger partial charge in [-0.15, -0.1) is 0 Å². The van der Waals surface area contributed by atoms with Crippen molar-refractivity contribution in [2.45, 2.75) is 13.8 Å². The van der Waals surface area contributed by atoms with Crippen LogP contribution in [-0.2, 0) is 9.59 Å². The monoisotopic (exact) mass is 389 g/mol. The fourth-order valence-corrected chi connectivity index (χ4v) is 2.60. The Labute approximate surface area is 164 Å². The van der Waals surface area contributed by atoms with Gasteiger partial charge in [0, 0.05) is 11.6 Å². The number of nitrogens with zero attached hydrogens (tertiary/aromatic N) is 1. The zero-order valence-electron chi connectivity index (χ0n) is 15.5. The maximum Gasteiger partial charge on any atom is 0.238 e. The highest BCUT2D eigenvalue weighted by atomic mass is 35.5. The average molecular weight is 390 g/mol. The van der Waals surface area contributed by atoms with E-state index >= 15 is 0 Å². The molecular weight excluding hydrogens is 366 g/mol. The number of ether oxygens (including phenoxy) is 1. The van der Waals surface area contributed by atoms with Crippen LogP contribution in [0.5, 0.6) is 11.5 Å².